The Kier molecular flexibility index (Phi) is 6.48. The molecule has 1 heterocycles. The number of rotatable bonds is 7. The predicted octanol–water partition coefficient (Wildman–Crippen LogP) is 1.23. The molecular weight excluding hydrogens is 288 g/mol. The first-order valence-electron chi connectivity index (χ1n) is 7.01. The summed E-state index contributed by atoms with van der Waals surface area (Å²) in [6.45, 7) is 6.22. The zero-order chi connectivity index (χ0) is 16.0. The van der Waals surface area contributed by atoms with Gasteiger partial charge in [-0.3, -0.25) is 4.79 Å². The SMILES string of the molecule is CCOC(=O)CN(C)c1nnc(CC)c(CC)c1C(N)=S. The number of carbonyl (C=O) groups is 1. The molecule has 0 aliphatic carbocycles. The van der Waals surface area contributed by atoms with Gasteiger partial charge in [0, 0.05) is 7.05 Å². The maximum absolute atomic E-state index is 11.6. The van der Waals surface area contributed by atoms with Crippen molar-refractivity contribution in [2.24, 2.45) is 5.73 Å². The molecule has 2 N–H and O–H groups in total. The van der Waals surface area contributed by atoms with E-state index in [0.717, 1.165) is 24.1 Å². The van der Waals surface area contributed by atoms with Crippen molar-refractivity contribution < 1.29 is 9.53 Å². The summed E-state index contributed by atoms with van der Waals surface area (Å²) in [5.41, 5.74) is 8.44. The number of hydrogen-bond acceptors (Lipinski definition) is 6. The topological polar surface area (TPSA) is 81.3 Å². The summed E-state index contributed by atoms with van der Waals surface area (Å²) in [7, 11) is 1.74. The van der Waals surface area contributed by atoms with Crippen molar-refractivity contribution in [2.75, 3.05) is 25.1 Å². The molecule has 0 spiro atoms. The monoisotopic (exact) mass is 310 g/mol. The van der Waals surface area contributed by atoms with Crippen LogP contribution in [0.15, 0.2) is 0 Å². The van der Waals surface area contributed by atoms with Crippen LogP contribution in [-0.4, -0.2) is 41.4 Å². The van der Waals surface area contributed by atoms with Gasteiger partial charge in [0.15, 0.2) is 5.82 Å². The number of anilines is 1. The molecule has 1 aromatic heterocycles. The molecule has 0 bridgehead atoms. The van der Waals surface area contributed by atoms with E-state index in [1.165, 1.54) is 0 Å². The number of nitrogens with zero attached hydrogens (tertiary/aromatic N) is 3. The van der Waals surface area contributed by atoms with Crippen LogP contribution >= 0.6 is 12.2 Å². The number of nitrogens with two attached hydrogens (primary N) is 1. The Morgan fingerprint density at radius 1 is 1.29 bits per heavy atom. The summed E-state index contributed by atoms with van der Waals surface area (Å²) < 4.78 is 4.94. The lowest BCUT2D eigenvalue weighted by Gasteiger charge is -2.22. The Balaban J connectivity index is 3.23. The largest absolute Gasteiger partial charge is 0.465 e. The van der Waals surface area contributed by atoms with Gasteiger partial charge in [-0.05, 0) is 25.3 Å². The fourth-order valence-electron chi connectivity index (χ4n) is 2.16. The van der Waals surface area contributed by atoms with Crippen LogP contribution in [0, 0.1) is 0 Å². The van der Waals surface area contributed by atoms with Crippen LogP contribution in [0.1, 0.15) is 37.6 Å². The lowest BCUT2D eigenvalue weighted by Crippen LogP contribution is -2.31. The van der Waals surface area contributed by atoms with Crippen LogP contribution in [-0.2, 0) is 22.4 Å². The van der Waals surface area contributed by atoms with Crippen LogP contribution in [0.2, 0.25) is 0 Å². The zero-order valence-corrected chi connectivity index (χ0v) is 13.8. The minimum absolute atomic E-state index is 0.0762. The molecule has 0 fully saturated rings. The molecule has 0 amide bonds. The second-order valence-corrected chi connectivity index (χ2v) is 5.00. The summed E-state index contributed by atoms with van der Waals surface area (Å²) in [6.07, 6.45) is 1.51. The number of thiocarbonyl (C=S) groups is 1. The molecule has 0 atom stereocenters. The molecule has 1 aromatic rings. The molecule has 0 aromatic carbocycles. The maximum Gasteiger partial charge on any atom is 0.325 e. The second kappa shape index (κ2) is 7.87. The van der Waals surface area contributed by atoms with E-state index < -0.39 is 0 Å². The van der Waals surface area contributed by atoms with Gasteiger partial charge >= 0.3 is 5.97 Å². The van der Waals surface area contributed by atoms with Crippen LogP contribution in [0.5, 0.6) is 0 Å². The van der Waals surface area contributed by atoms with Crippen LogP contribution in [0.3, 0.4) is 0 Å². The fraction of sp³-hybridized carbons (Fsp3) is 0.571. The number of aryl methyl sites for hydroxylation is 1. The van der Waals surface area contributed by atoms with Crippen molar-refractivity contribution in [3.8, 4) is 0 Å². The predicted molar refractivity (Wildman–Crippen MR) is 86.6 cm³/mol. The van der Waals surface area contributed by atoms with Gasteiger partial charge in [0.05, 0.1) is 17.9 Å². The lowest BCUT2D eigenvalue weighted by molar-refractivity contribution is -0.141. The highest BCUT2D eigenvalue weighted by atomic mass is 32.1. The van der Waals surface area contributed by atoms with Gasteiger partial charge in [-0.1, -0.05) is 26.1 Å². The van der Waals surface area contributed by atoms with E-state index in [2.05, 4.69) is 10.2 Å². The van der Waals surface area contributed by atoms with Gasteiger partial charge in [-0.2, -0.15) is 5.10 Å². The Bertz CT molecular complexity index is 534. The molecule has 0 radical (unpaired) electrons. The van der Waals surface area contributed by atoms with Crippen molar-refractivity contribution in [3.05, 3.63) is 16.8 Å². The van der Waals surface area contributed by atoms with Gasteiger partial charge in [0.1, 0.15) is 11.5 Å². The van der Waals surface area contributed by atoms with Crippen molar-refractivity contribution in [1.29, 1.82) is 0 Å². The van der Waals surface area contributed by atoms with E-state index in [9.17, 15) is 4.79 Å². The molecule has 21 heavy (non-hydrogen) atoms. The summed E-state index contributed by atoms with van der Waals surface area (Å²) in [5.74, 6) is 0.193. The minimum atomic E-state index is -0.326. The van der Waals surface area contributed by atoms with Gasteiger partial charge in [0.25, 0.3) is 0 Å². The number of esters is 1. The first kappa shape index (κ1) is 17.3. The second-order valence-electron chi connectivity index (χ2n) is 4.56. The Morgan fingerprint density at radius 3 is 2.43 bits per heavy atom. The number of aromatic nitrogens is 2. The van der Waals surface area contributed by atoms with Crippen molar-refractivity contribution in [1.82, 2.24) is 10.2 Å². The molecule has 6 nitrogen and oxygen atoms in total. The molecule has 1 rings (SSSR count). The highest BCUT2D eigenvalue weighted by molar-refractivity contribution is 7.80. The van der Waals surface area contributed by atoms with Crippen LogP contribution in [0.25, 0.3) is 0 Å². The van der Waals surface area contributed by atoms with Gasteiger partial charge in [-0.15, -0.1) is 5.10 Å². The minimum Gasteiger partial charge on any atom is -0.465 e. The normalized spacial score (nSPS) is 10.3. The fourth-order valence-corrected chi connectivity index (χ4v) is 2.38. The van der Waals surface area contributed by atoms with Crippen molar-refractivity contribution in [2.45, 2.75) is 33.6 Å². The summed E-state index contributed by atoms with van der Waals surface area (Å²) in [6, 6.07) is 0. The van der Waals surface area contributed by atoms with E-state index in [-0.39, 0.29) is 17.5 Å². The zero-order valence-electron chi connectivity index (χ0n) is 13.0. The highest BCUT2D eigenvalue weighted by Crippen LogP contribution is 2.23. The summed E-state index contributed by atoms with van der Waals surface area (Å²) >= 11 is 5.16. The molecule has 0 saturated carbocycles. The van der Waals surface area contributed by atoms with Gasteiger partial charge in [0.2, 0.25) is 0 Å². The quantitative estimate of drug-likeness (QED) is 0.599. The Morgan fingerprint density at radius 2 is 1.95 bits per heavy atom. The van der Waals surface area contributed by atoms with E-state index in [4.69, 9.17) is 22.7 Å². The number of hydrogen-bond donors (Lipinski definition) is 1. The third-order valence-electron chi connectivity index (χ3n) is 3.11. The summed E-state index contributed by atoms with van der Waals surface area (Å²) in [5, 5.41) is 8.42. The average molecular weight is 310 g/mol. The lowest BCUT2D eigenvalue weighted by atomic mass is 10.0. The van der Waals surface area contributed by atoms with E-state index >= 15 is 0 Å². The van der Waals surface area contributed by atoms with E-state index in [0.29, 0.717) is 18.0 Å². The molecule has 0 aliphatic rings. The molecular formula is C14H22N4O2S. The molecule has 0 saturated heterocycles. The standard InChI is InChI=1S/C14H22N4O2S/c1-5-9-10(6-2)16-17-14(12(9)13(15)21)18(4)8-11(19)20-7-3/h5-8H2,1-4H3,(H2,15,21). The molecule has 0 unspecified atom stereocenters. The summed E-state index contributed by atoms with van der Waals surface area (Å²) in [4.78, 5) is 13.5. The molecule has 0 aliphatic heterocycles. The number of likely N-dealkylation sites (N-methyl/N-ethyl adjacent to an activating group) is 1. The van der Waals surface area contributed by atoms with Gasteiger partial charge < -0.3 is 15.4 Å². The number of ether oxygens (including phenoxy) is 1. The van der Waals surface area contributed by atoms with Crippen molar-refractivity contribution in [3.63, 3.8) is 0 Å². The van der Waals surface area contributed by atoms with E-state index in [1.807, 2.05) is 13.8 Å². The van der Waals surface area contributed by atoms with E-state index in [1.54, 1.807) is 18.9 Å². The first-order chi connectivity index (χ1) is 9.96. The van der Waals surface area contributed by atoms with Crippen LogP contribution < -0.4 is 10.6 Å². The molecule has 116 valence electrons. The maximum atomic E-state index is 11.6. The Hall–Kier alpha value is -1.76. The smallest absolute Gasteiger partial charge is 0.325 e. The molecule has 7 heteroatoms. The first-order valence-corrected chi connectivity index (χ1v) is 7.41. The Labute approximate surface area is 130 Å². The third-order valence-corrected chi connectivity index (χ3v) is 3.31. The average Bonchev–Trinajstić information content (AvgIpc) is 2.45. The highest BCUT2D eigenvalue weighted by Gasteiger charge is 2.20. The number of carbonyl (C=O) groups excluding carboxylic acids is 1. The van der Waals surface area contributed by atoms with Crippen LogP contribution in [0.4, 0.5) is 5.82 Å². The third kappa shape index (κ3) is 4.10. The van der Waals surface area contributed by atoms with Gasteiger partial charge in [-0.25, -0.2) is 0 Å². The van der Waals surface area contributed by atoms with Crippen molar-refractivity contribution >= 4 is 29.0 Å².